The zero-order valence-corrected chi connectivity index (χ0v) is 14.6. The average molecular weight is 289 g/mol. The van der Waals surface area contributed by atoms with Crippen LogP contribution in [0.2, 0.25) is 18.1 Å². The minimum Gasteiger partial charge on any atom is -0.416 e. The Kier molecular flexibility index (Phi) is 4.12. The van der Waals surface area contributed by atoms with Crippen molar-refractivity contribution in [1.82, 2.24) is 4.98 Å². The van der Waals surface area contributed by atoms with Gasteiger partial charge in [0, 0.05) is 23.2 Å². The highest BCUT2D eigenvalue weighted by atomic mass is 28.4. The lowest BCUT2D eigenvalue weighted by Crippen LogP contribution is -2.41. The number of fused-ring (bicyclic) bond motifs is 1. The molecular formula is C17H27NOSi. The Morgan fingerprint density at radius 1 is 1.15 bits per heavy atom. The fourth-order valence-corrected chi connectivity index (χ4v) is 3.33. The van der Waals surface area contributed by atoms with Gasteiger partial charge < -0.3 is 9.41 Å². The van der Waals surface area contributed by atoms with E-state index in [1.54, 1.807) is 0 Å². The minimum absolute atomic E-state index is 0.280. The van der Waals surface area contributed by atoms with Crippen molar-refractivity contribution < 1.29 is 4.43 Å². The summed E-state index contributed by atoms with van der Waals surface area (Å²) in [6.07, 6.45) is 0.988. The number of nitrogens with one attached hydrogen (secondary N) is 1. The van der Waals surface area contributed by atoms with Crippen LogP contribution < -0.4 is 0 Å². The average Bonchev–Trinajstić information content (AvgIpc) is 2.64. The highest BCUT2D eigenvalue weighted by Crippen LogP contribution is 2.36. The van der Waals surface area contributed by atoms with Gasteiger partial charge in [-0.05, 0) is 43.1 Å². The van der Waals surface area contributed by atoms with Crippen LogP contribution in [0.25, 0.3) is 10.9 Å². The molecule has 0 unspecified atom stereocenters. The quantitative estimate of drug-likeness (QED) is 0.784. The normalized spacial score (nSPS) is 13.1. The second-order valence-corrected chi connectivity index (χ2v) is 11.9. The van der Waals surface area contributed by atoms with Crippen LogP contribution in [0.15, 0.2) is 24.3 Å². The van der Waals surface area contributed by atoms with Crippen molar-refractivity contribution in [2.24, 2.45) is 0 Å². The lowest BCUT2D eigenvalue weighted by atomic mass is 10.1. The molecule has 0 aliphatic rings. The fourth-order valence-electron chi connectivity index (χ4n) is 2.28. The number of H-pyrrole nitrogens is 1. The van der Waals surface area contributed by atoms with Crippen LogP contribution in [-0.4, -0.2) is 19.9 Å². The van der Waals surface area contributed by atoms with Crippen molar-refractivity contribution in [3.05, 3.63) is 35.5 Å². The first-order chi connectivity index (χ1) is 9.22. The van der Waals surface area contributed by atoms with E-state index in [1.807, 2.05) is 0 Å². The van der Waals surface area contributed by atoms with E-state index >= 15 is 0 Å². The molecule has 20 heavy (non-hydrogen) atoms. The smallest absolute Gasteiger partial charge is 0.191 e. The topological polar surface area (TPSA) is 25.0 Å². The summed E-state index contributed by atoms with van der Waals surface area (Å²) in [6.45, 7) is 14.5. The molecule has 1 aromatic carbocycles. The summed E-state index contributed by atoms with van der Waals surface area (Å²) in [7, 11) is -1.63. The monoisotopic (exact) mass is 289 g/mol. The summed E-state index contributed by atoms with van der Waals surface area (Å²) in [4.78, 5) is 3.46. The van der Waals surface area contributed by atoms with E-state index in [2.05, 4.69) is 70.0 Å². The van der Waals surface area contributed by atoms with Crippen LogP contribution in [0.5, 0.6) is 0 Å². The molecule has 0 atom stereocenters. The first-order valence-electron chi connectivity index (χ1n) is 7.42. The number of aryl methyl sites for hydroxylation is 1. The second kappa shape index (κ2) is 5.38. The molecule has 1 aromatic heterocycles. The van der Waals surface area contributed by atoms with Crippen molar-refractivity contribution in [3.63, 3.8) is 0 Å². The number of hydrogen-bond acceptors (Lipinski definition) is 1. The van der Waals surface area contributed by atoms with Gasteiger partial charge in [0.25, 0.3) is 0 Å². The molecule has 0 fully saturated rings. The van der Waals surface area contributed by atoms with E-state index in [1.165, 1.54) is 22.2 Å². The molecule has 110 valence electrons. The third-order valence-electron chi connectivity index (χ3n) is 4.65. The van der Waals surface area contributed by atoms with Gasteiger partial charge in [-0.25, -0.2) is 0 Å². The highest BCUT2D eigenvalue weighted by molar-refractivity contribution is 6.74. The minimum atomic E-state index is -1.63. The van der Waals surface area contributed by atoms with Crippen LogP contribution in [0, 0.1) is 6.92 Å². The van der Waals surface area contributed by atoms with Crippen molar-refractivity contribution in [2.45, 2.75) is 52.2 Å². The molecular weight excluding hydrogens is 262 g/mol. The van der Waals surface area contributed by atoms with E-state index in [0.29, 0.717) is 0 Å². The van der Waals surface area contributed by atoms with E-state index < -0.39 is 8.32 Å². The predicted molar refractivity (Wildman–Crippen MR) is 89.9 cm³/mol. The Hall–Kier alpha value is -1.06. The maximum atomic E-state index is 6.30. The summed E-state index contributed by atoms with van der Waals surface area (Å²) < 4.78 is 6.30. The van der Waals surface area contributed by atoms with Gasteiger partial charge in [0.2, 0.25) is 0 Å². The zero-order chi connectivity index (χ0) is 15.0. The summed E-state index contributed by atoms with van der Waals surface area (Å²) in [5.74, 6) is 0. The molecule has 0 aliphatic carbocycles. The van der Waals surface area contributed by atoms with Crippen molar-refractivity contribution in [1.29, 1.82) is 0 Å². The number of aromatic amines is 1. The van der Waals surface area contributed by atoms with E-state index in [9.17, 15) is 0 Å². The van der Waals surface area contributed by atoms with Crippen LogP contribution in [0.3, 0.4) is 0 Å². The Morgan fingerprint density at radius 3 is 2.45 bits per heavy atom. The molecule has 1 heterocycles. The fraction of sp³-hybridized carbons (Fsp3) is 0.529. The predicted octanol–water partition coefficient (Wildman–Crippen LogP) is 5.04. The number of para-hydroxylation sites is 1. The number of benzene rings is 1. The maximum absolute atomic E-state index is 6.30. The van der Waals surface area contributed by atoms with Crippen molar-refractivity contribution in [3.8, 4) is 0 Å². The van der Waals surface area contributed by atoms with E-state index in [0.717, 1.165) is 13.0 Å². The van der Waals surface area contributed by atoms with Gasteiger partial charge in [-0.15, -0.1) is 0 Å². The SMILES string of the molecule is Cc1[nH]c2ccccc2c1CCO[Si](C)(C)C(C)(C)C. The lowest BCUT2D eigenvalue weighted by molar-refractivity contribution is 0.292. The van der Waals surface area contributed by atoms with Crippen LogP contribution in [0.4, 0.5) is 0 Å². The van der Waals surface area contributed by atoms with Crippen molar-refractivity contribution in [2.75, 3.05) is 6.61 Å². The molecule has 0 spiro atoms. The highest BCUT2D eigenvalue weighted by Gasteiger charge is 2.36. The molecule has 0 amide bonds. The van der Waals surface area contributed by atoms with Crippen LogP contribution in [0.1, 0.15) is 32.0 Å². The van der Waals surface area contributed by atoms with Gasteiger partial charge >= 0.3 is 0 Å². The van der Waals surface area contributed by atoms with Crippen LogP contribution in [-0.2, 0) is 10.8 Å². The zero-order valence-electron chi connectivity index (χ0n) is 13.6. The summed E-state index contributed by atoms with van der Waals surface area (Å²) in [5, 5.41) is 1.62. The van der Waals surface area contributed by atoms with Crippen molar-refractivity contribution >= 4 is 19.2 Å². The van der Waals surface area contributed by atoms with E-state index in [4.69, 9.17) is 4.43 Å². The van der Waals surface area contributed by atoms with Gasteiger partial charge in [0.05, 0.1) is 0 Å². The summed E-state index contributed by atoms with van der Waals surface area (Å²) >= 11 is 0. The molecule has 3 heteroatoms. The molecule has 1 N–H and O–H groups in total. The third kappa shape index (κ3) is 2.99. The maximum Gasteiger partial charge on any atom is 0.191 e. The van der Waals surface area contributed by atoms with Gasteiger partial charge in [0.15, 0.2) is 8.32 Å². The molecule has 0 aliphatic heterocycles. The summed E-state index contributed by atoms with van der Waals surface area (Å²) in [6, 6.07) is 8.52. The van der Waals surface area contributed by atoms with E-state index in [-0.39, 0.29) is 5.04 Å². The number of hydrogen-bond donors (Lipinski definition) is 1. The Labute approximate surface area is 123 Å². The number of aromatic nitrogens is 1. The molecule has 0 saturated carbocycles. The molecule has 0 radical (unpaired) electrons. The molecule has 2 aromatic rings. The van der Waals surface area contributed by atoms with Gasteiger partial charge in [-0.3, -0.25) is 0 Å². The largest absolute Gasteiger partial charge is 0.416 e. The Bertz CT molecular complexity index is 593. The Morgan fingerprint density at radius 2 is 1.80 bits per heavy atom. The lowest BCUT2D eigenvalue weighted by Gasteiger charge is -2.36. The molecule has 0 saturated heterocycles. The van der Waals surface area contributed by atoms with Gasteiger partial charge in [-0.1, -0.05) is 39.0 Å². The first kappa shape index (κ1) is 15.3. The van der Waals surface area contributed by atoms with Crippen LogP contribution >= 0.6 is 0 Å². The first-order valence-corrected chi connectivity index (χ1v) is 10.3. The standard InChI is InChI=1S/C17H27NOSi/c1-13-14(15-9-7-8-10-16(15)18-13)11-12-19-20(5,6)17(2,3)4/h7-10,18H,11-12H2,1-6H3. The van der Waals surface area contributed by atoms with Gasteiger partial charge in [0.1, 0.15) is 0 Å². The van der Waals surface area contributed by atoms with Gasteiger partial charge in [-0.2, -0.15) is 0 Å². The second-order valence-electron chi connectivity index (χ2n) is 7.13. The molecule has 0 bridgehead atoms. The third-order valence-corrected chi connectivity index (χ3v) is 9.19. The molecule has 2 nitrogen and oxygen atoms in total. The Balaban J connectivity index is 2.09. The summed E-state index contributed by atoms with van der Waals surface area (Å²) in [5.41, 5.74) is 3.90. The number of rotatable bonds is 4. The molecule has 2 rings (SSSR count).